The molecule has 0 aromatic heterocycles. The van der Waals surface area contributed by atoms with Crippen LogP contribution < -0.4 is 0 Å². The van der Waals surface area contributed by atoms with Crippen LogP contribution in [-0.4, -0.2) is 79.1 Å². The quantitative estimate of drug-likeness (QED) is 0.0845. The summed E-state index contributed by atoms with van der Waals surface area (Å²) in [6.45, 7) is 4.11. The van der Waals surface area contributed by atoms with Crippen LogP contribution in [0.5, 0.6) is 0 Å². The zero-order chi connectivity index (χ0) is 41.5. The number of ether oxygens (including phenoxy) is 9. The number of hydrogen-bond acceptors (Lipinski definition) is 11. The molecule has 0 amide bonds. The lowest BCUT2D eigenvalue weighted by Crippen LogP contribution is -2.65. The van der Waals surface area contributed by atoms with Gasteiger partial charge < -0.3 is 47.7 Å². The fourth-order valence-corrected chi connectivity index (χ4v) is 7.43. The summed E-state index contributed by atoms with van der Waals surface area (Å²) in [4.78, 5) is 12.3. The molecule has 2 heterocycles. The Morgan fingerprint density at radius 3 is 1.23 bits per heavy atom. The fraction of sp³-hybridized carbons (Fsp3) is 0.367. The minimum Gasteiger partial charge on any atom is -0.463 e. The van der Waals surface area contributed by atoms with Crippen molar-refractivity contribution in [3.63, 3.8) is 0 Å². The maximum atomic E-state index is 12.3. The van der Waals surface area contributed by atoms with Gasteiger partial charge in [-0.25, -0.2) is 0 Å². The molecular formula is C49H54O11. The van der Waals surface area contributed by atoms with Gasteiger partial charge in [0, 0.05) is 6.92 Å². The predicted molar refractivity (Wildman–Crippen MR) is 222 cm³/mol. The molecule has 2 saturated heterocycles. The Balaban J connectivity index is 1.24. The molecule has 7 rings (SSSR count). The predicted octanol–water partition coefficient (Wildman–Crippen LogP) is 7.32. The fourth-order valence-electron chi connectivity index (χ4n) is 7.43. The lowest BCUT2D eigenvalue weighted by Gasteiger charge is -2.49. The first-order valence-electron chi connectivity index (χ1n) is 20.5. The van der Waals surface area contributed by atoms with Gasteiger partial charge in [0.25, 0.3) is 0 Å². The van der Waals surface area contributed by atoms with E-state index >= 15 is 0 Å². The molecule has 2 fully saturated rings. The molecule has 11 nitrogen and oxygen atoms in total. The highest BCUT2D eigenvalue weighted by Crippen LogP contribution is 2.36. The van der Waals surface area contributed by atoms with Crippen LogP contribution in [0.15, 0.2) is 152 Å². The van der Waals surface area contributed by atoms with Gasteiger partial charge in [0.15, 0.2) is 12.6 Å². The maximum Gasteiger partial charge on any atom is 0.302 e. The molecule has 60 heavy (non-hydrogen) atoms. The van der Waals surface area contributed by atoms with E-state index in [-0.39, 0.29) is 39.6 Å². The number of carbonyl (C=O) groups is 1. The lowest BCUT2D eigenvalue weighted by molar-refractivity contribution is -0.376. The maximum absolute atomic E-state index is 12.3. The molecular weight excluding hydrogens is 765 g/mol. The van der Waals surface area contributed by atoms with Crippen molar-refractivity contribution >= 4 is 5.97 Å². The molecule has 10 atom stereocenters. The number of esters is 1. The minimum atomic E-state index is -1.45. The average Bonchev–Trinajstić information content (AvgIpc) is 3.28. The van der Waals surface area contributed by atoms with Crippen LogP contribution >= 0.6 is 0 Å². The van der Waals surface area contributed by atoms with Crippen molar-refractivity contribution < 1.29 is 52.5 Å². The highest BCUT2D eigenvalue weighted by molar-refractivity contribution is 5.65. The summed E-state index contributed by atoms with van der Waals surface area (Å²) in [6.07, 6.45) is -9.31. The van der Waals surface area contributed by atoms with E-state index < -0.39 is 67.4 Å². The zero-order valence-corrected chi connectivity index (χ0v) is 34.0. The molecule has 0 aliphatic carbocycles. The van der Waals surface area contributed by atoms with Gasteiger partial charge in [-0.1, -0.05) is 152 Å². The Bertz CT molecular complexity index is 1970. The first kappa shape index (κ1) is 43.3. The molecule has 316 valence electrons. The van der Waals surface area contributed by atoms with Gasteiger partial charge in [0.1, 0.15) is 49.3 Å². The van der Waals surface area contributed by atoms with Crippen LogP contribution in [-0.2, 0) is 80.5 Å². The summed E-state index contributed by atoms with van der Waals surface area (Å²) in [7, 11) is 0. The molecule has 0 saturated carbocycles. The summed E-state index contributed by atoms with van der Waals surface area (Å²) < 4.78 is 58.9. The highest BCUT2D eigenvalue weighted by atomic mass is 16.8. The first-order valence-corrected chi connectivity index (χ1v) is 20.5. The number of carbonyl (C=O) groups excluding carboxylic acids is 1. The number of aliphatic hydroxyl groups excluding tert-OH is 1. The molecule has 11 heteroatoms. The van der Waals surface area contributed by atoms with Crippen LogP contribution in [0.4, 0.5) is 0 Å². The number of rotatable bonds is 19. The number of aliphatic hydroxyl groups is 1. The minimum absolute atomic E-state index is 0.164. The van der Waals surface area contributed by atoms with Gasteiger partial charge in [-0.15, -0.1) is 0 Å². The smallest absolute Gasteiger partial charge is 0.302 e. The van der Waals surface area contributed by atoms with E-state index in [9.17, 15) is 9.90 Å². The number of hydrogen-bond donors (Lipinski definition) is 1. The highest BCUT2D eigenvalue weighted by Gasteiger charge is 2.53. The van der Waals surface area contributed by atoms with E-state index in [1.165, 1.54) is 6.92 Å². The Labute approximate surface area is 352 Å². The largest absolute Gasteiger partial charge is 0.463 e. The van der Waals surface area contributed by atoms with Gasteiger partial charge in [0.05, 0.1) is 39.1 Å². The first-order chi connectivity index (χ1) is 29.4. The second-order valence-electron chi connectivity index (χ2n) is 15.0. The van der Waals surface area contributed by atoms with Crippen LogP contribution in [0, 0.1) is 0 Å². The second kappa shape index (κ2) is 22.2. The summed E-state index contributed by atoms with van der Waals surface area (Å²) in [6, 6.07) is 48.9. The van der Waals surface area contributed by atoms with Crippen molar-refractivity contribution in [1.82, 2.24) is 0 Å². The van der Waals surface area contributed by atoms with Crippen molar-refractivity contribution in [3.8, 4) is 0 Å². The van der Waals surface area contributed by atoms with E-state index in [0.29, 0.717) is 0 Å². The molecule has 2 aliphatic heterocycles. The van der Waals surface area contributed by atoms with Crippen LogP contribution in [0.2, 0.25) is 0 Å². The van der Waals surface area contributed by atoms with Gasteiger partial charge in [-0.2, -0.15) is 0 Å². The third-order valence-corrected chi connectivity index (χ3v) is 10.5. The van der Waals surface area contributed by atoms with E-state index in [0.717, 1.165) is 27.8 Å². The van der Waals surface area contributed by atoms with Crippen molar-refractivity contribution in [2.75, 3.05) is 6.61 Å². The van der Waals surface area contributed by atoms with E-state index in [2.05, 4.69) is 0 Å². The van der Waals surface area contributed by atoms with Gasteiger partial charge in [0.2, 0.25) is 0 Å². The molecule has 0 bridgehead atoms. The summed E-state index contributed by atoms with van der Waals surface area (Å²) >= 11 is 0. The Kier molecular flexibility index (Phi) is 16.0. The average molecular weight is 819 g/mol. The van der Waals surface area contributed by atoms with Gasteiger partial charge >= 0.3 is 5.97 Å². The van der Waals surface area contributed by atoms with Crippen LogP contribution in [0.3, 0.4) is 0 Å². The normalized spacial score (nSPS) is 26.6. The summed E-state index contributed by atoms with van der Waals surface area (Å²) in [5.74, 6) is -0.486. The van der Waals surface area contributed by atoms with E-state index in [1.807, 2.05) is 159 Å². The van der Waals surface area contributed by atoms with Gasteiger partial charge in [-0.3, -0.25) is 4.79 Å². The van der Waals surface area contributed by atoms with E-state index in [1.54, 1.807) is 0 Å². The van der Waals surface area contributed by atoms with E-state index in [4.69, 9.17) is 42.6 Å². The summed E-state index contributed by atoms with van der Waals surface area (Å²) in [5.41, 5.74) is 4.67. The Morgan fingerprint density at radius 2 is 0.833 bits per heavy atom. The number of benzene rings is 5. The Morgan fingerprint density at radius 1 is 0.483 bits per heavy atom. The SMILES string of the molecule is CC(=O)OC[C@H]1O[C@H](O[C@H]2C(O)O[C@@H](C)[C@H](OCc3ccccc3)[C@H]2OCc2ccccc2)[C@H](OCc2ccccc2)[C@@H](OCc2ccccc2)[C@@H]1OCc1ccccc1. The van der Waals surface area contributed by atoms with Crippen molar-refractivity contribution in [1.29, 1.82) is 0 Å². The third kappa shape index (κ3) is 12.2. The molecule has 1 N–H and O–H groups in total. The van der Waals surface area contributed by atoms with Gasteiger partial charge in [-0.05, 0) is 34.7 Å². The van der Waals surface area contributed by atoms with Crippen molar-refractivity contribution in [2.45, 2.75) is 108 Å². The molecule has 0 spiro atoms. The van der Waals surface area contributed by atoms with Crippen molar-refractivity contribution in [2.24, 2.45) is 0 Å². The second-order valence-corrected chi connectivity index (χ2v) is 15.0. The molecule has 5 aromatic carbocycles. The zero-order valence-electron chi connectivity index (χ0n) is 34.0. The molecule has 1 unspecified atom stereocenters. The standard InChI is InChI=1S/C49H54O11/c1-34-42(53-28-36-18-8-3-9-19-36)44(55-30-38-22-12-5-13-23-38)46(48(51)58-34)60-49-47(57-32-40-26-16-7-17-27-40)45(56-31-39-24-14-6-15-25-39)43(41(59-49)33-52-35(2)50)54-29-37-20-10-4-11-21-37/h3-27,34,41-49,51H,28-33H2,1-2H3/t34-,41+,42-,43+,44+,45-,46+,47+,48?,49+/m0/s1. The van der Waals surface area contributed by atoms with Crippen molar-refractivity contribution in [3.05, 3.63) is 179 Å². The topological polar surface area (TPSA) is 120 Å². The molecule has 2 aliphatic rings. The van der Waals surface area contributed by atoms with Crippen LogP contribution in [0.25, 0.3) is 0 Å². The Hall–Kier alpha value is -4.79. The summed E-state index contributed by atoms with van der Waals surface area (Å²) in [5, 5.41) is 11.8. The lowest BCUT2D eigenvalue weighted by atomic mass is 9.96. The van der Waals surface area contributed by atoms with Crippen LogP contribution in [0.1, 0.15) is 41.7 Å². The monoisotopic (exact) mass is 818 g/mol. The third-order valence-electron chi connectivity index (χ3n) is 10.5. The molecule has 0 radical (unpaired) electrons. The molecule has 5 aromatic rings.